The molecule has 7 heteroatoms. The van der Waals surface area contributed by atoms with E-state index in [1.54, 1.807) is 24.4 Å². The van der Waals surface area contributed by atoms with Gasteiger partial charge in [-0.05, 0) is 76.8 Å². The summed E-state index contributed by atoms with van der Waals surface area (Å²) in [5, 5.41) is 4.07. The van der Waals surface area contributed by atoms with Crippen LogP contribution < -0.4 is 14.9 Å². The molecule has 0 radical (unpaired) electrons. The van der Waals surface area contributed by atoms with Gasteiger partial charge in [0.1, 0.15) is 6.61 Å². The molecule has 1 N–H and O–H groups in total. The highest BCUT2D eigenvalue weighted by Gasteiger charge is 2.13. The van der Waals surface area contributed by atoms with Crippen LogP contribution in [0.1, 0.15) is 34.0 Å². The fourth-order valence-electron chi connectivity index (χ4n) is 2.85. The highest BCUT2D eigenvalue weighted by Crippen LogP contribution is 2.37. The number of carbonyl (C=O) groups is 1. The number of amides is 1. The van der Waals surface area contributed by atoms with Gasteiger partial charge in [0, 0.05) is 10.0 Å². The van der Waals surface area contributed by atoms with Gasteiger partial charge in [-0.15, -0.1) is 0 Å². The number of carbonyl (C=O) groups excluding carboxylic acids is 1. The van der Waals surface area contributed by atoms with Crippen molar-refractivity contribution in [3.63, 3.8) is 0 Å². The molecule has 0 heterocycles. The molecule has 0 fully saturated rings. The van der Waals surface area contributed by atoms with Crippen molar-refractivity contribution in [3.05, 3.63) is 91.9 Å². The molecule has 3 aromatic rings. The fraction of sp³-hybridized carbons (Fsp3) is 0.167. The van der Waals surface area contributed by atoms with Gasteiger partial charge in [0.2, 0.25) is 0 Å². The Morgan fingerprint density at radius 3 is 2.61 bits per heavy atom. The van der Waals surface area contributed by atoms with Crippen LogP contribution in [0.3, 0.4) is 0 Å². The molecule has 0 spiro atoms. The van der Waals surface area contributed by atoms with Gasteiger partial charge in [-0.2, -0.15) is 5.10 Å². The monoisotopic (exact) mass is 544 g/mol. The summed E-state index contributed by atoms with van der Waals surface area (Å²) in [7, 11) is 0. The Labute approximate surface area is 198 Å². The molecule has 3 rings (SSSR count). The number of hydrogen-bond acceptors (Lipinski definition) is 4. The Morgan fingerprint density at radius 1 is 1.06 bits per heavy atom. The van der Waals surface area contributed by atoms with Gasteiger partial charge in [0.15, 0.2) is 11.5 Å². The van der Waals surface area contributed by atoms with Crippen molar-refractivity contribution in [3.8, 4) is 11.5 Å². The highest BCUT2D eigenvalue weighted by atomic mass is 79.9. The fourth-order valence-corrected chi connectivity index (χ4v) is 3.82. The Kier molecular flexibility index (Phi) is 8.26. The summed E-state index contributed by atoms with van der Waals surface area (Å²) < 4.78 is 13.4. The molecule has 0 aliphatic carbocycles. The molecule has 5 nitrogen and oxygen atoms in total. The van der Waals surface area contributed by atoms with Gasteiger partial charge in [-0.3, -0.25) is 4.79 Å². The van der Waals surface area contributed by atoms with Crippen molar-refractivity contribution < 1.29 is 14.3 Å². The van der Waals surface area contributed by atoms with Crippen molar-refractivity contribution in [2.45, 2.75) is 20.5 Å². The lowest BCUT2D eigenvalue weighted by Gasteiger charge is -2.15. The van der Waals surface area contributed by atoms with E-state index >= 15 is 0 Å². The summed E-state index contributed by atoms with van der Waals surface area (Å²) in [6.07, 6.45) is 1.56. The average Bonchev–Trinajstić information content (AvgIpc) is 2.74. The summed E-state index contributed by atoms with van der Waals surface area (Å²) in [5.41, 5.74) is 6.09. The number of rotatable bonds is 8. The Morgan fingerprint density at radius 2 is 1.87 bits per heavy atom. The normalized spacial score (nSPS) is 10.8. The minimum Gasteiger partial charge on any atom is -0.490 e. The van der Waals surface area contributed by atoms with Crippen LogP contribution in [-0.2, 0) is 6.61 Å². The second kappa shape index (κ2) is 11.1. The Bertz CT molecular complexity index is 1100. The van der Waals surface area contributed by atoms with Gasteiger partial charge in [-0.1, -0.05) is 46.3 Å². The SMILES string of the molecule is CCOc1cc(/C=N\NC(=O)c2cccc(Br)c2)cc(Br)c1OCc1ccccc1C. The first-order valence-corrected chi connectivity index (χ1v) is 11.3. The lowest BCUT2D eigenvalue weighted by Crippen LogP contribution is -2.17. The van der Waals surface area contributed by atoms with Crippen molar-refractivity contribution in [2.24, 2.45) is 5.10 Å². The van der Waals surface area contributed by atoms with Crippen molar-refractivity contribution >= 4 is 44.0 Å². The molecule has 31 heavy (non-hydrogen) atoms. The number of benzene rings is 3. The molecule has 0 saturated carbocycles. The number of aryl methyl sites for hydroxylation is 1. The molecule has 0 saturated heterocycles. The third kappa shape index (κ3) is 6.42. The lowest BCUT2D eigenvalue weighted by molar-refractivity contribution is 0.0955. The smallest absolute Gasteiger partial charge is 0.271 e. The zero-order valence-corrected chi connectivity index (χ0v) is 20.4. The molecule has 1 amide bonds. The van der Waals surface area contributed by atoms with Crippen LogP contribution in [0.15, 0.2) is 74.7 Å². The summed E-state index contributed by atoms with van der Waals surface area (Å²) in [4.78, 5) is 12.2. The van der Waals surface area contributed by atoms with Crippen LogP contribution >= 0.6 is 31.9 Å². The van der Waals surface area contributed by atoms with E-state index in [0.717, 1.165) is 20.1 Å². The third-order valence-electron chi connectivity index (χ3n) is 4.43. The van der Waals surface area contributed by atoms with E-state index in [-0.39, 0.29) is 5.91 Å². The predicted molar refractivity (Wildman–Crippen MR) is 130 cm³/mol. The van der Waals surface area contributed by atoms with Gasteiger partial charge >= 0.3 is 0 Å². The van der Waals surface area contributed by atoms with E-state index in [9.17, 15) is 4.79 Å². The molecule has 0 aliphatic heterocycles. The summed E-state index contributed by atoms with van der Waals surface area (Å²) in [6.45, 7) is 4.89. The molecule has 0 atom stereocenters. The van der Waals surface area contributed by atoms with E-state index in [1.165, 1.54) is 5.56 Å². The van der Waals surface area contributed by atoms with Gasteiger partial charge in [0.05, 0.1) is 17.3 Å². The van der Waals surface area contributed by atoms with E-state index in [2.05, 4.69) is 55.4 Å². The first-order valence-electron chi connectivity index (χ1n) is 9.70. The number of hydrazone groups is 1. The number of hydrogen-bond donors (Lipinski definition) is 1. The first kappa shape index (κ1) is 23.0. The predicted octanol–water partition coefficient (Wildman–Crippen LogP) is 6.26. The first-order chi connectivity index (χ1) is 15.0. The quantitative estimate of drug-likeness (QED) is 0.268. The maximum absolute atomic E-state index is 12.2. The van der Waals surface area contributed by atoms with Crippen molar-refractivity contribution in [1.82, 2.24) is 5.43 Å². The molecule has 0 unspecified atom stereocenters. The molecule has 0 aliphatic rings. The van der Waals surface area contributed by atoms with Crippen LogP contribution in [0, 0.1) is 6.92 Å². The minimum absolute atomic E-state index is 0.292. The highest BCUT2D eigenvalue weighted by molar-refractivity contribution is 9.10. The largest absolute Gasteiger partial charge is 0.490 e. The maximum Gasteiger partial charge on any atom is 0.271 e. The Hall–Kier alpha value is -2.64. The molecular weight excluding hydrogens is 524 g/mol. The minimum atomic E-state index is -0.292. The number of nitrogens with zero attached hydrogens (tertiary/aromatic N) is 1. The second-order valence-corrected chi connectivity index (χ2v) is 8.46. The molecular formula is C24H22Br2N2O3. The van der Waals surface area contributed by atoms with Crippen LogP contribution in [0.25, 0.3) is 0 Å². The number of nitrogens with one attached hydrogen (secondary N) is 1. The van der Waals surface area contributed by atoms with Crippen LogP contribution in [0.2, 0.25) is 0 Å². The van der Waals surface area contributed by atoms with Crippen molar-refractivity contribution in [1.29, 1.82) is 0 Å². The second-order valence-electron chi connectivity index (χ2n) is 6.69. The molecule has 0 bridgehead atoms. The van der Waals surface area contributed by atoms with E-state index in [0.29, 0.717) is 30.3 Å². The standard InChI is InChI=1S/C24H22Br2N2O3/c1-3-30-22-12-17(14-27-28-24(29)18-9-6-10-20(25)13-18)11-21(26)23(22)31-15-19-8-5-4-7-16(19)2/h4-14H,3,15H2,1-2H3,(H,28,29)/b27-14-. The molecule has 3 aromatic carbocycles. The molecule has 0 aromatic heterocycles. The van der Waals surface area contributed by atoms with Gasteiger partial charge < -0.3 is 9.47 Å². The van der Waals surface area contributed by atoms with Crippen LogP contribution in [0.5, 0.6) is 11.5 Å². The van der Waals surface area contributed by atoms with E-state index in [1.807, 2.05) is 43.3 Å². The lowest BCUT2D eigenvalue weighted by atomic mass is 10.1. The topological polar surface area (TPSA) is 59.9 Å². The number of ether oxygens (including phenoxy) is 2. The van der Waals surface area contributed by atoms with Crippen LogP contribution in [-0.4, -0.2) is 18.7 Å². The van der Waals surface area contributed by atoms with Crippen LogP contribution in [0.4, 0.5) is 0 Å². The summed E-state index contributed by atoms with van der Waals surface area (Å²) >= 11 is 6.92. The maximum atomic E-state index is 12.2. The zero-order chi connectivity index (χ0) is 22.2. The van der Waals surface area contributed by atoms with Gasteiger partial charge in [-0.25, -0.2) is 5.43 Å². The zero-order valence-electron chi connectivity index (χ0n) is 17.2. The summed E-state index contributed by atoms with van der Waals surface area (Å²) in [5.74, 6) is 0.936. The van der Waals surface area contributed by atoms with Crippen molar-refractivity contribution in [2.75, 3.05) is 6.61 Å². The van der Waals surface area contributed by atoms with E-state index < -0.39 is 0 Å². The number of halogens is 2. The van der Waals surface area contributed by atoms with E-state index in [4.69, 9.17) is 9.47 Å². The average molecular weight is 546 g/mol. The molecule has 160 valence electrons. The summed E-state index contributed by atoms with van der Waals surface area (Å²) in [6, 6.07) is 18.9. The third-order valence-corrected chi connectivity index (χ3v) is 5.51. The van der Waals surface area contributed by atoms with Gasteiger partial charge in [0.25, 0.3) is 5.91 Å². The Balaban J connectivity index is 1.73.